The van der Waals surface area contributed by atoms with Gasteiger partial charge in [0.2, 0.25) is 5.90 Å². The highest BCUT2D eigenvalue weighted by molar-refractivity contribution is 6.32. The molecule has 1 unspecified atom stereocenters. The average molecular weight is 242 g/mol. The second-order valence-corrected chi connectivity index (χ2v) is 3.65. The number of hydrogen-bond acceptors (Lipinski definition) is 5. The number of benzene rings is 1. The predicted molar refractivity (Wildman–Crippen MR) is 58.2 cm³/mol. The van der Waals surface area contributed by atoms with E-state index in [0.717, 1.165) is 0 Å². The molecule has 0 fully saturated rings. The van der Waals surface area contributed by atoms with Gasteiger partial charge in [-0.3, -0.25) is 10.1 Å². The van der Waals surface area contributed by atoms with Gasteiger partial charge in [0.15, 0.2) is 6.17 Å². The second-order valence-electron chi connectivity index (χ2n) is 3.24. The molecule has 1 aliphatic rings. The molecule has 0 aromatic heterocycles. The first kappa shape index (κ1) is 10.8. The highest BCUT2D eigenvalue weighted by Crippen LogP contribution is 2.29. The fourth-order valence-corrected chi connectivity index (χ4v) is 1.54. The summed E-state index contributed by atoms with van der Waals surface area (Å²) in [5.74, 6) is 0.489. The minimum atomic E-state index is -0.530. The molecule has 84 valence electrons. The van der Waals surface area contributed by atoms with E-state index in [1.165, 1.54) is 12.1 Å². The fourth-order valence-electron chi connectivity index (χ4n) is 1.36. The first-order chi connectivity index (χ1) is 7.58. The molecule has 0 saturated heterocycles. The number of nitro benzene ring substituents is 1. The number of nitro groups is 1. The van der Waals surface area contributed by atoms with Gasteiger partial charge in [-0.2, -0.15) is 0 Å². The van der Waals surface area contributed by atoms with Gasteiger partial charge < -0.3 is 4.84 Å². The number of nitrogens with one attached hydrogen (secondary N) is 1. The molecule has 16 heavy (non-hydrogen) atoms. The maximum Gasteiger partial charge on any atom is 0.288 e. The third-order valence-corrected chi connectivity index (χ3v) is 2.43. The molecule has 1 atom stereocenters. The first-order valence-electron chi connectivity index (χ1n) is 4.48. The molecule has 1 N–H and O–H groups in total. The van der Waals surface area contributed by atoms with E-state index < -0.39 is 11.1 Å². The van der Waals surface area contributed by atoms with Crippen LogP contribution in [0.5, 0.6) is 0 Å². The van der Waals surface area contributed by atoms with Gasteiger partial charge in [0.25, 0.3) is 5.69 Å². The normalized spacial score (nSPS) is 19.1. The number of aliphatic imine (C=N–C) groups is 1. The average Bonchev–Trinajstić information content (AvgIpc) is 2.65. The van der Waals surface area contributed by atoms with Crippen LogP contribution in [0.2, 0.25) is 5.02 Å². The van der Waals surface area contributed by atoms with Crippen molar-refractivity contribution in [3.05, 3.63) is 38.9 Å². The lowest BCUT2D eigenvalue weighted by atomic mass is 10.1. The standard InChI is InChI=1S/C9H8ClN3O3/c1-5-11-9(12-16-5)6-2-3-7(10)8(4-6)13(14)15/h2-4,9,12H,1H3. The maximum absolute atomic E-state index is 10.7. The predicted octanol–water partition coefficient (Wildman–Crippen LogP) is 2.20. The topological polar surface area (TPSA) is 76.8 Å². The van der Waals surface area contributed by atoms with Crippen molar-refractivity contribution in [2.75, 3.05) is 0 Å². The highest BCUT2D eigenvalue weighted by Gasteiger charge is 2.21. The first-order valence-corrected chi connectivity index (χ1v) is 4.86. The van der Waals surface area contributed by atoms with E-state index in [1.54, 1.807) is 13.0 Å². The number of hydroxylamine groups is 1. The molecule has 0 saturated carbocycles. The maximum atomic E-state index is 10.7. The van der Waals surface area contributed by atoms with E-state index in [9.17, 15) is 10.1 Å². The molecule has 0 bridgehead atoms. The van der Waals surface area contributed by atoms with Crippen LogP contribution in [0.25, 0.3) is 0 Å². The monoisotopic (exact) mass is 241 g/mol. The highest BCUT2D eigenvalue weighted by atomic mass is 35.5. The molecule has 0 aliphatic carbocycles. The summed E-state index contributed by atoms with van der Waals surface area (Å²) in [7, 11) is 0. The van der Waals surface area contributed by atoms with Crippen molar-refractivity contribution < 1.29 is 9.76 Å². The van der Waals surface area contributed by atoms with Crippen LogP contribution in [-0.4, -0.2) is 10.8 Å². The van der Waals surface area contributed by atoms with E-state index >= 15 is 0 Å². The van der Waals surface area contributed by atoms with Crippen molar-refractivity contribution in [1.82, 2.24) is 5.48 Å². The summed E-state index contributed by atoms with van der Waals surface area (Å²) in [5.41, 5.74) is 3.13. The molecular formula is C9H8ClN3O3. The molecule has 1 heterocycles. The van der Waals surface area contributed by atoms with Crippen LogP contribution in [0.15, 0.2) is 23.2 Å². The summed E-state index contributed by atoms with van der Waals surface area (Å²) in [5, 5.41) is 10.8. The van der Waals surface area contributed by atoms with Crippen molar-refractivity contribution in [2.45, 2.75) is 13.1 Å². The van der Waals surface area contributed by atoms with E-state index in [1.807, 2.05) is 0 Å². The summed E-state index contributed by atoms with van der Waals surface area (Å²) in [6.07, 6.45) is -0.420. The molecule has 0 radical (unpaired) electrons. The zero-order chi connectivity index (χ0) is 11.7. The molecule has 1 aromatic carbocycles. The Bertz CT molecular complexity index is 475. The van der Waals surface area contributed by atoms with Crippen LogP contribution in [0, 0.1) is 10.1 Å². The number of hydrogen-bond donors (Lipinski definition) is 1. The SMILES string of the molecule is CC1=NC(c2ccc(Cl)c([N+](=O)[O-])c2)NO1. The smallest absolute Gasteiger partial charge is 0.288 e. The lowest BCUT2D eigenvalue weighted by molar-refractivity contribution is -0.384. The van der Waals surface area contributed by atoms with E-state index in [4.69, 9.17) is 16.4 Å². The Morgan fingerprint density at radius 3 is 2.94 bits per heavy atom. The van der Waals surface area contributed by atoms with Crippen LogP contribution < -0.4 is 5.48 Å². The molecule has 0 amide bonds. The number of halogens is 1. The van der Waals surface area contributed by atoms with Crippen LogP contribution in [0.4, 0.5) is 5.69 Å². The van der Waals surface area contributed by atoms with Crippen molar-refractivity contribution in [3.63, 3.8) is 0 Å². The molecular weight excluding hydrogens is 234 g/mol. The Hall–Kier alpha value is -1.66. The van der Waals surface area contributed by atoms with Crippen LogP contribution in [-0.2, 0) is 4.84 Å². The minimum Gasteiger partial charge on any atom is -0.391 e. The van der Waals surface area contributed by atoms with Gasteiger partial charge in [-0.15, -0.1) is 5.48 Å². The Kier molecular flexibility index (Phi) is 2.76. The van der Waals surface area contributed by atoms with E-state index in [-0.39, 0.29) is 10.7 Å². The van der Waals surface area contributed by atoms with Crippen molar-refractivity contribution in [1.29, 1.82) is 0 Å². The number of rotatable bonds is 2. The lowest BCUT2D eigenvalue weighted by Gasteiger charge is -2.06. The molecule has 0 spiro atoms. The van der Waals surface area contributed by atoms with Crippen molar-refractivity contribution >= 4 is 23.2 Å². The molecule has 2 rings (SSSR count). The summed E-state index contributed by atoms with van der Waals surface area (Å²) in [6.45, 7) is 1.69. The van der Waals surface area contributed by atoms with Gasteiger partial charge in [0.05, 0.1) is 4.92 Å². The van der Waals surface area contributed by atoms with Gasteiger partial charge in [-0.05, 0) is 6.07 Å². The third-order valence-electron chi connectivity index (χ3n) is 2.11. The fraction of sp³-hybridized carbons (Fsp3) is 0.222. The van der Waals surface area contributed by atoms with Gasteiger partial charge in [-0.1, -0.05) is 17.7 Å². The van der Waals surface area contributed by atoms with Crippen LogP contribution >= 0.6 is 11.6 Å². The quantitative estimate of drug-likeness (QED) is 0.636. The largest absolute Gasteiger partial charge is 0.391 e. The summed E-state index contributed by atoms with van der Waals surface area (Å²) in [4.78, 5) is 19.2. The summed E-state index contributed by atoms with van der Waals surface area (Å²) in [6, 6.07) is 4.52. The lowest BCUT2D eigenvalue weighted by Crippen LogP contribution is -2.13. The molecule has 7 heteroatoms. The summed E-state index contributed by atoms with van der Waals surface area (Å²) >= 11 is 5.70. The van der Waals surface area contributed by atoms with Crippen molar-refractivity contribution in [3.8, 4) is 0 Å². The van der Waals surface area contributed by atoms with Crippen molar-refractivity contribution in [2.24, 2.45) is 4.99 Å². The van der Waals surface area contributed by atoms with E-state index in [0.29, 0.717) is 11.5 Å². The molecule has 6 nitrogen and oxygen atoms in total. The minimum absolute atomic E-state index is 0.105. The van der Waals surface area contributed by atoms with Gasteiger partial charge in [0, 0.05) is 18.6 Å². The van der Waals surface area contributed by atoms with Gasteiger partial charge in [-0.25, -0.2) is 4.99 Å². The zero-order valence-corrected chi connectivity index (χ0v) is 9.06. The third kappa shape index (κ3) is 1.98. The molecule has 1 aliphatic heterocycles. The Labute approximate surface area is 96.0 Å². The van der Waals surface area contributed by atoms with Gasteiger partial charge >= 0.3 is 0 Å². The summed E-state index contributed by atoms with van der Waals surface area (Å²) < 4.78 is 0. The Morgan fingerprint density at radius 1 is 1.62 bits per heavy atom. The van der Waals surface area contributed by atoms with Gasteiger partial charge in [0.1, 0.15) is 5.02 Å². The molecule has 1 aromatic rings. The Balaban J connectivity index is 2.36. The zero-order valence-electron chi connectivity index (χ0n) is 8.31. The van der Waals surface area contributed by atoms with E-state index in [2.05, 4.69) is 10.5 Å². The number of nitrogens with zero attached hydrogens (tertiary/aromatic N) is 2. The van der Waals surface area contributed by atoms with Crippen LogP contribution in [0.1, 0.15) is 18.7 Å². The Morgan fingerprint density at radius 2 is 2.38 bits per heavy atom. The second kappa shape index (κ2) is 4.07. The van der Waals surface area contributed by atoms with Crippen LogP contribution in [0.3, 0.4) is 0 Å².